The Kier molecular flexibility index (Phi) is 7.62. The van der Waals surface area contributed by atoms with Crippen molar-refractivity contribution >= 4 is 34.0 Å². The van der Waals surface area contributed by atoms with Crippen molar-refractivity contribution in [3.05, 3.63) is 29.6 Å². The Morgan fingerprint density at radius 3 is 2.57 bits per heavy atom. The number of nitrogens with two attached hydrogens (primary N) is 1. The molecule has 1 aromatic rings. The fourth-order valence-electron chi connectivity index (χ4n) is 1.50. The molecule has 0 saturated heterocycles. The molecule has 1 unspecified atom stereocenters. The van der Waals surface area contributed by atoms with Crippen molar-refractivity contribution < 1.29 is 17.6 Å². The second-order valence-electron chi connectivity index (χ2n) is 4.59. The van der Waals surface area contributed by atoms with Gasteiger partial charge in [-0.3, -0.25) is 9.52 Å². The van der Waals surface area contributed by atoms with E-state index in [1.54, 1.807) is 6.92 Å². The summed E-state index contributed by atoms with van der Waals surface area (Å²) in [6, 6.07) is 3.19. The van der Waals surface area contributed by atoms with E-state index in [-0.39, 0.29) is 29.7 Å². The predicted molar refractivity (Wildman–Crippen MR) is 82.7 cm³/mol. The molecular formula is C12H19ClFN3O3S. The van der Waals surface area contributed by atoms with Crippen LogP contribution in [0.2, 0.25) is 0 Å². The third kappa shape index (κ3) is 7.26. The summed E-state index contributed by atoms with van der Waals surface area (Å²) in [6.07, 6.45) is 1.52. The minimum Gasteiger partial charge on any atom is -0.352 e. The maximum absolute atomic E-state index is 13.2. The number of benzene rings is 1. The molecule has 1 rings (SSSR count). The molecule has 0 aliphatic heterocycles. The summed E-state index contributed by atoms with van der Waals surface area (Å²) in [6.45, 7) is 2.12. The van der Waals surface area contributed by atoms with Crippen molar-refractivity contribution in [2.75, 3.05) is 17.5 Å². The van der Waals surface area contributed by atoms with Crippen LogP contribution in [-0.4, -0.2) is 33.2 Å². The van der Waals surface area contributed by atoms with Crippen LogP contribution >= 0.6 is 12.4 Å². The zero-order valence-corrected chi connectivity index (χ0v) is 13.4. The van der Waals surface area contributed by atoms with Gasteiger partial charge in [0.25, 0.3) is 5.91 Å². The van der Waals surface area contributed by atoms with Crippen LogP contribution in [0.5, 0.6) is 0 Å². The molecule has 0 fully saturated rings. The molecule has 0 saturated carbocycles. The van der Waals surface area contributed by atoms with E-state index >= 15 is 0 Å². The average Bonchev–Trinajstić information content (AvgIpc) is 2.29. The average molecular weight is 340 g/mol. The van der Waals surface area contributed by atoms with E-state index < -0.39 is 21.7 Å². The molecule has 0 heterocycles. The van der Waals surface area contributed by atoms with Crippen LogP contribution in [0.1, 0.15) is 23.7 Å². The molecule has 1 aromatic carbocycles. The summed E-state index contributed by atoms with van der Waals surface area (Å²) in [5.74, 6) is -1.18. The van der Waals surface area contributed by atoms with Crippen LogP contribution in [0.3, 0.4) is 0 Å². The fraction of sp³-hybridized carbons (Fsp3) is 0.417. The number of nitrogens with one attached hydrogen (secondary N) is 2. The van der Waals surface area contributed by atoms with Crippen LogP contribution in [0.25, 0.3) is 0 Å². The topological polar surface area (TPSA) is 101 Å². The fourth-order valence-corrected chi connectivity index (χ4v) is 2.08. The first-order valence-corrected chi connectivity index (χ1v) is 7.89. The molecular weight excluding hydrogens is 321 g/mol. The van der Waals surface area contributed by atoms with E-state index in [2.05, 4.69) is 10.0 Å². The van der Waals surface area contributed by atoms with Gasteiger partial charge in [-0.05, 0) is 31.5 Å². The Balaban J connectivity index is 0.00000400. The standard InChI is InChI=1S/C12H18FN3O3S.ClH/c1-8(14)5-6-15-12(17)10-7-9(13)3-4-11(10)16-20(2,18)19;/h3-4,7-8,16H,5-6,14H2,1-2H3,(H,15,17);1H. The number of carbonyl (C=O) groups is 1. The van der Waals surface area contributed by atoms with Crippen LogP contribution in [0.4, 0.5) is 10.1 Å². The summed E-state index contributed by atoms with van der Waals surface area (Å²) < 4.78 is 37.8. The van der Waals surface area contributed by atoms with Crippen LogP contribution in [0, 0.1) is 5.82 Å². The number of amides is 1. The first kappa shape index (κ1) is 19.6. The van der Waals surface area contributed by atoms with Crippen molar-refractivity contribution in [3.8, 4) is 0 Å². The zero-order valence-electron chi connectivity index (χ0n) is 11.7. The van der Waals surface area contributed by atoms with Gasteiger partial charge in [0.15, 0.2) is 0 Å². The van der Waals surface area contributed by atoms with Crippen molar-refractivity contribution in [2.45, 2.75) is 19.4 Å². The highest BCUT2D eigenvalue weighted by Crippen LogP contribution is 2.18. The van der Waals surface area contributed by atoms with E-state index in [1.165, 1.54) is 6.07 Å². The van der Waals surface area contributed by atoms with Gasteiger partial charge in [0, 0.05) is 12.6 Å². The number of hydrogen-bond acceptors (Lipinski definition) is 4. The summed E-state index contributed by atoms with van der Waals surface area (Å²) in [4.78, 5) is 11.9. The molecule has 6 nitrogen and oxygen atoms in total. The lowest BCUT2D eigenvalue weighted by molar-refractivity contribution is 0.0953. The van der Waals surface area contributed by atoms with Gasteiger partial charge in [-0.1, -0.05) is 0 Å². The Morgan fingerprint density at radius 1 is 1.43 bits per heavy atom. The maximum atomic E-state index is 13.2. The lowest BCUT2D eigenvalue weighted by Gasteiger charge is -2.12. The van der Waals surface area contributed by atoms with Crippen molar-refractivity contribution in [3.63, 3.8) is 0 Å². The predicted octanol–water partition coefficient (Wildman–Crippen LogP) is 1.09. The molecule has 0 aliphatic rings. The lowest BCUT2D eigenvalue weighted by Crippen LogP contribution is -2.29. The van der Waals surface area contributed by atoms with E-state index in [0.29, 0.717) is 13.0 Å². The Labute approximate surface area is 129 Å². The normalized spacial score (nSPS) is 12.2. The molecule has 0 bridgehead atoms. The number of rotatable bonds is 6. The molecule has 0 spiro atoms. The van der Waals surface area contributed by atoms with Crippen molar-refractivity contribution in [1.82, 2.24) is 5.32 Å². The van der Waals surface area contributed by atoms with Crippen LogP contribution < -0.4 is 15.8 Å². The van der Waals surface area contributed by atoms with Gasteiger partial charge < -0.3 is 11.1 Å². The van der Waals surface area contributed by atoms with Crippen molar-refractivity contribution in [1.29, 1.82) is 0 Å². The van der Waals surface area contributed by atoms with Gasteiger partial charge in [0.2, 0.25) is 10.0 Å². The van der Waals surface area contributed by atoms with Gasteiger partial charge in [-0.25, -0.2) is 12.8 Å². The van der Waals surface area contributed by atoms with Crippen LogP contribution in [0.15, 0.2) is 18.2 Å². The van der Waals surface area contributed by atoms with E-state index in [4.69, 9.17) is 5.73 Å². The quantitative estimate of drug-likeness (QED) is 0.722. The number of halogens is 2. The Morgan fingerprint density at radius 2 is 2.05 bits per heavy atom. The molecule has 0 radical (unpaired) electrons. The van der Waals surface area contributed by atoms with Gasteiger partial charge >= 0.3 is 0 Å². The lowest BCUT2D eigenvalue weighted by atomic mass is 10.1. The summed E-state index contributed by atoms with van der Waals surface area (Å²) in [7, 11) is -3.55. The highest BCUT2D eigenvalue weighted by atomic mass is 35.5. The van der Waals surface area contributed by atoms with Crippen LogP contribution in [-0.2, 0) is 10.0 Å². The summed E-state index contributed by atoms with van der Waals surface area (Å²) >= 11 is 0. The smallest absolute Gasteiger partial charge is 0.253 e. The highest BCUT2D eigenvalue weighted by Gasteiger charge is 2.15. The van der Waals surface area contributed by atoms with Gasteiger partial charge in [0.1, 0.15) is 5.82 Å². The van der Waals surface area contributed by atoms with E-state index in [1.807, 2.05) is 0 Å². The Hall–Kier alpha value is -1.38. The molecule has 1 atom stereocenters. The zero-order chi connectivity index (χ0) is 15.3. The SMILES string of the molecule is CC(N)CCNC(=O)c1cc(F)ccc1NS(C)(=O)=O.Cl. The third-order valence-electron chi connectivity index (χ3n) is 2.41. The third-order valence-corrected chi connectivity index (χ3v) is 3.00. The molecule has 9 heteroatoms. The highest BCUT2D eigenvalue weighted by molar-refractivity contribution is 7.92. The Bertz CT molecular complexity index is 593. The summed E-state index contributed by atoms with van der Waals surface area (Å²) in [5.41, 5.74) is 5.52. The molecule has 120 valence electrons. The number of sulfonamides is 1. The first-order chi connectivity index (χ1) is 9.19. The molecule has 1 amide bonds. The van der Waals surface area contributed by atoms with Gasteiger partial charge in [-0.15, -0.1) is 12.4 Å². The van der Waals surface area contributed by atoms with E-state index in [0.717, 1.165) is 18.4 Å². The number of carbonyl (C=O) groups excluding carboxylic acids is 1. The summed E-state index contributed by atoms with van der Waals surface area (Å²) in [5, 5.41) is 2.56. The monoisotopic (exact) mass is 339 g/mol. The molecule has 0 aliphatic carbocycles. The molecule has 21 heavy (non-hydrogen) atoms. The number of anilines is 1. The van der Waals surface area contributed by atoms with Gasteiger partial charge in [-0.2, -0.15) is 0 Å². The molecule has 4 N–H and O–H groups in total. The largest absolute Gasteiger partial charge is 0.352 e. The molecule has 0 aromatic heterocycles. The second kappa shape index (κ2) is 8.16. The minimum atomic E-state index is -3.55. The second-order valence-corrected chi connectivity index (χ2v) is 6.33. The van der Waals surface area contributed by atoms with Gasteiger partial charge in [0.05, 0.1) is 17.5 Å². The first-order valence-electron chi connectivity index (χ1n) is 6.00. The number of hydrogen-bond donors (Lipinski definition) is 3. The maximum Gasteiger partial charge on any atom is 0.253 e. The minimum absolute atomic E-state index is 0. The van der Waals surface area contributed by atoms with E-state index in [9.17, 15) is 17.6 Å². The van der Waals surface area contributed by atoms with Crippen molar-refractivity contribution in [2.24, 2.45) is 5.73 Å².